The quantitative estimate of drug-likeness (QED) is 0.331. The zero-order valence-electron chi connectivity index (χ0n) is 11.1. The third-order valence-electron chi connectivity index (χ3n) is 2.72. The van der Waals surface area contributed by atoms with Gasteiger partial charge in [0, 0.05) is 37.6 Å². The van der Waals surface area contributed by atoms with E-state index in [1.165, 1.54) is 5.56 Å². The molecule has 0 heterocycles. The van der Waals surface area contributed by atoms with E-state index in [1.54, 1.807) is 7.11 Å². The normalized spacial score (nSPS) is 12.1. The molecule has 0 aliphatic carbocycles. The predicted molar refractivity (Wildman–Crippen MR) is 79.3 cm³/mol. The van der Waals surface area contributed by atoms with Gasteiger partial charge in [-0.05, 0) is 17.7 Å². The largest absolute Gasteiger partial charge is 0.409 e. The van der Waals surface area contributed by atoms with E-state index in [4.69, 9.17) is 15.7 Å². The van der Waals surface area contributed by atoms with E-state index in [1.807, 2.05) is 12.1 Å². The van der Waals surface area contributed by atoms with Crippen molar-refractivity contribution < 1.29 is 9.94 Å². The Kier molecular flexibility index (Phi) is 7.47. The van der Waals surface area contributed by atoms with E-state index in [9.17, 15) is 0 Å². The second-order valence-corrected chi connectivity index (χ2v) is 5.16. The van der Waals surface area contributed by atoms with Gasteiger partial charge in [-0.1, -0.05) is 33.2 Å². The van der Waals surface area contributed by atoms with Crippen molar-refractivity contribution >= 4 is 21.8 Å². The molecule has 0 spiro atoms. The molecule has 0 aromatic heterocycles. The lowest BCUT2D eigenvalue weighted by molar-refractivity contribution is 0.145. The fourth-order valence-electron chi connectivity index (χ4n) is 1.71. The molecular weight excluding hydrogens is 310 g/mol. The van der Waals surface area contributed by atoms with Crippen LogP contribution in [0.2, 0.25) is 0 Å². The Morgan fingerprint density at radius 2 is 2.26 bits per heavy atom. The summed E-state index contributed by atoms with van der Waals surface area (Å²) in [7, 11) is 1.68. The molecule has 0 radical (unpaired) electrons. The van der Waals surface area contributed by atoms with Crippen molar-refractivity contribution in [1.29, 1.82) is 0 Å². The highest BCUT2D eigenvalue weighted by Gasteiger charge is 2.07. The van der Waals surface area contributed by atoms with Gasteiger partial charge in [0.1, 0.15) is 5.84 Å². The standard InChI is InChI=1S/C13H20BrN3O2/c1-19-8-7-17(6-5-13(15)16-18)10-11-3-2-4-12(14)9-11/h2-4,9,18H,5-8,10H2,1H3,(H2,15,16). The molecule has 5 nitrogen and oxygen atoms in total. The van der Waals surface area contributed by atoms with Crippen LogP contribution in [-0.2, 0) is 11.3 Å². The topological polar surface area (TPSA) is 71.1 Å². The summed E-state index contributed by atoms with van der Waals surface area (Å²) < 4.78 is 6.17. The van der Waals surface area contributed by atoms with E-state index in [-0.39, 0.29) is 5.84 Å². The van der Waals surface area contributed by atoms with Crippen LogP contribution in [0.1, 0.15) is 12.0 Å². The van der Waals surface area contributed by atoms with Crippen LogP contribution in [0.15, 0.2) is 33.9 Å². The van der Waals surface area contributed by atoms with Crippen molar-refractivity contribution in [3.63, 3.8) is 0 Å². The highest BCUT2D eigenvalue weighted by atomic mass is 79.9. The van der Waals surface area contributed by atoms with Gasteiger partial charge in [0.05, 0.1) is 6.61 Å². The van der Waals surface area contributed by atoms with Crippen molar-refractivity contribution in [2.24, 2.45) is 10.9 Å². The van der Waals surface area contributed by atoms with Crippen molar-refractivity contribution in [3.8, 4) is 0 Å². The minimum absolute atomic E-state index is 0.247. The van der Waals surface area contributed by atoms with E-state index in [0.717, 1.165) is 24.1 Å². The smallest absolute Gasteiger partial charge is 0.140 e. The fourth-order valence-corrected chi connectivity index (χ4v) is 2.15. The van der Waals surface area contributed by atoms with Gasteiger partial charge in [-0.3, -0.25) is 4.90 Å². The van der Waals surface area contributed by atoms with Crippen LogP contribution in [0.4, 0.5) is 0 Å². The van der Waals surface area contributed by atoms with Gasteiger partial charge >= 0.3 is 0 Å². The molecule has 0 aliphatic heterocycles. The molecule has 6 heteroatoms. The summed E-state index contributed by atoms with van der Waals surface area (Å²) in [6.45, 7) is 3.00. The lowest BCUT2D eigenvalue weighted by atomic mass is 10.2. The number of hydrogen-bond acceptors (Lipinski definition) is 4. The molecule has 0 saturated carbocycles. The van der Waals surface area contributed by atoms with E-state index < -0.39 is 0 Å². The van der Waals surface area contributed by atoms with Crippen LogP contribution in [0, 0.1) is 0 Å². The Morgan fingerprint density at radius 3 is 2.89 bits per heavy atom. The van der Waals surface area contributed by atoms with Crippen LogP contribution in [0.25, 0.3) is 0 Å². The first-order valence-electron chi connectivity index (χ1n) is 6.08. The highest BCUT2D eigenvalue weighted by Crippen LogP contribution is 2.13. The number of methoxy groups -OCH3 is 1. The summed E-state index contributed by atoms with van der Waals surface area (Å²) in [6, 6.07) is 8.17. The first-order chi connectivity index (χ1) is 9.15. The monoisotopic (exact) mass is 329 g/mol. The van der Waals surface area contributed by atoms with Crippen molar-refractivity contribution in [2.45, 2.75) is 13.0 Å². The molecule has 0 unspecified atom stereocenters. The molecule has 0 fully saturated rings. The first-order valence-corrected chi connectivity index (χ1v) is 6.87. The summed E-state index contributed by atoms with van der Waals surface area (Å²) in [4.78, 5) is 2.21. The fraction of sp³-hybridized carbons (Fsp3) is 0.462. The zero-order valence-corrected chi connectivity index (χ0v) is 12.6. The lowest BCUT2D eigenvalue weighted by Gasteiger charge is -2.21. The first kappa shape index (κ1) is 15.9. The lowest BCUT2D eigenvalue weighted by Crippen LogP contribution is -2.30. The highest BCUT2D eigenvalue weighted by molar-refractivity contribution is 9.10. The predicted octanol–water partition coefficient (Wildman–Crippen LogP) is 2.03. The molecule has 19 heavy (non-hydrogen) atoms. The Morgan fingerprint density at radius 1 is 1.47 bits per heavy atom. The maximum absolute atomic E-state index is 8.56. The Balaban J connectivity index is 2.57. The van der Waals surface area contributed by atoms with Gasteiger partial charge < -0.3 is 15.7 Å². The van der Waals surface area contributed by atoms with Gasteiger partial charge in [-0.2, -0.15) is 0 Å². The summed E-state index contributed by atoms with van der Waals surface area (Å²) in [6.07, 6.45) is 0.536. The molecule has 0 amide bonds. The number of ether oxygens (including phenoxy) is 1. The maximum atomic E-state index is 8.56. The van der Waals surface area contributed by atoms with Gasteiger partial charge in [0.15, 0.2) is 0 Å². The van der Waals surface area contributed by atoms with Gasteiger partial charge in [0.25, 0.3) is 0 Å². The van der Waals surface area contributed by atoms with Crippen LogP contribution < -0.4 is 5.73 Å². The summed E-state index contributed by atoms with van der Waals surface area (Å²) in [5.74, 6) is 0.247. The van der Waals surface area contributed by atoms with E-state index in [2.05, 4.69) is 38.1 Å². The molecule has 1 rings (SSSR count). The average Bonchev–Trinajstić information content (AvgIpc) is 2.41. The minimum atomic E-state index is 0.247. The molecule has 0 saturated heterocycles. The average molecular weight is 330 g/mol. The summed E-state index contributed by atoms with van der Waals surface area (Å²) >= 11 is 3.46. The second kappa shape index (κ2) is 8.90. The minimum Gasteiger partial charge on any atom is -0.409 e. The number of rotatable bonds is 8. The Labute approximate surface area is 122 Å². The molecule has 1 aromatic carbocycles. The van der Waals surface area contributed by atoms with Gasteiger partial charge in [-0.15, -0.1) is 0 Å². The van der Waals surface area contributed by atoms with Gasteiger partial charge in [0.2, 0.25) is 0 Å². The molecule has 0 aliphatic rings. The molecule has 106 valence electrons. The molecule has 0 bridgehead atoms. The van der Waals surface area contributed by atoms with Crippen LogP contribution >= 0.6 is 15.9 Å². The number of halogens is 1. The third kappa shape index (κ3) is 6.56. The van der Waals surface area contributed by atoms with Crippen LogP contribution in [0.3, 0.4) is 0 Å². The number of benzene rings is 1. The number of nitrogens with two attached hydrogens (primary N) is 1. The third-order valence-corrected chi connectivity index (χ3v) is 3.21. The second-order valence-electron chi connectivity index (χ2n) is 4.24. The number of hydrogen-bond donors (Lipinski definition) is 2. The SMILES string of the molecule is COCCN(CCC(N)=NO)Cc1cccc(Br)c1. The number of amidine groups is 1. The van der Waals surface area contributed by atoms with E-state index >= 15 is 0 Å². The van der Waals surface area contributed by atoms with Crippen molar-refractivity contribution in [1.82, 2.24) is 4.90 Å². The summed E-state index contributed by atoms with van der Waals surface area (Å²) in [5, 5.41) is 11.6. The Hall–Kier alpha value is -1.11. The Bertz CT molecular complexity index is 413. The summed E-state index contributed by atoms with van der Waals surface area (Å²) in [5.41, 5.74) is 6.71. The molecule has 1 aromatic rings. The zero-order chi connectivity index (χ0) is 14.1. The van der Waals surface area contributed by atoms with Crippen LogP contribution in [-0.4, -0.2) is 42.7 Å². The van der Waals surface area contributed by atoms with Gasteiger partial charge in [-0.25, -0.2) is 0 Å². The van der Waals surface area contributed by atoms with Crippen LogP contribution in [0.5, 0.6) is 0 Å². The molecule has 0 atom stereocenters. The van der Waals surface area contributed by atoms with Crippen molar-refractivity contribution in [3.05, 3.63) is 34.3 Å². The number of oxime groups is 1. The maximum Gasteiger partial charge on any atom is 0.140 e. The van der Waals surface area contributed by atoms with E-state index in [0.29, 0.717) is 13.0 Å². The van der Waals surface area contributed by atoms with Crippen molar-refractivity contribution in [2.75, 3.05) is 26.8 Å². The molecular formula is C13H20BrN3O2. The number of nitrogens with zero attached hydrogens (tertiary/aromatic N) is 2. The molecule has 3 N–H and O–H groups in total.